The van der Waals surface area contributed by atoms with Crippen molar-refractivity contribution in [2.45, 2.75) is 24.4 Å². The number of rotatable bonds is 9. The fraction of sp³-hybridized carbons (Fsp3) is 0.200. The summed E-state index contributed by atoms with van der Waals surface area (Å²) in [4.78, 5) is 27.5. The molecular formula is C25H24BrCl2N3O4S. The lowest BCUT2D eigenvalue weighted by Gasteiger charge is -2.32. The van der Waals surface area contributed by atoms with Crippen LogP contribution in [-0.4, -0.2) is 44.8 Å². The first-order chi connectivity index (χ1) is 17.1. The molecule has 3 aromatic carbocycles. The number of carbonyl (C=O) groups excluding carboxylic acids is 2. The van der Waals surface area contributed by atoms with E-state index in [1.807, 2.05) is 0 Å². The van der Waals surface area contributed by atoms with Crippen molar-refractivity contribution in [1.29, 1.82) is 0 Å². The maximum absolute atomic E-state index is 13.7. The van der Waals surface area contributed by atoms with Crippen LogP contribution in [0, 0.1) is 0 Å². The molecular weight excluding hydrogens is 589 g/mol. The van der Waals surface area contributed by atoms with Crippen LogP contribution in [0.3, 0.4) is 0 Å². The van der Waals surface area contributed by atoms with Gasteiger partial charge in [-0.2, -0.15) is 0 Å². The Morgan fingerprint density at radius 2 is 1.53 bits per heavy atom. The third-order valence-electron chi connectivity index (χ3n) is 5.53. The molecule has 0 radical (unpaired) electrons. The highest BCUT2D eigenvalue weighted by Crippen LogP contribution is 2.28. The number of nitrogens with zero attached hydrogens (tertiary/aromatic N) is 2. The zero-order chi connectivity index (χ0) is 26.5. The first kappa shape index (κ1) is 28.0. The van der Waals surface area contributed by atoms with E-state index in [1.54, 1.807) is 67.6 Å². The fourth-order valence-corrected chi connectivity index (χ4v) is 5.72. The highest BCUT2D eigenvalue weighted by Gasteiger charge is 2.32. The van der Waals surface area contributed by atoms with Crippen molar-refractivity contribution in [3.05, 3.63) is 92.9 Å². The Morgan fingerprint density at radius 3 is 2.08 bits per heavy atom. The maximum atomic E-state index is 13.7. The Hall–Kier alpha value is -2.59. The minimum atomic E-state index is -4.12. The minimum absolute atomic E-state index is 0.0285. The molecule has 0 unspecified atom stereocenters. The van der Waals surface area contributed by atoms with Gasteiger partial charge in [-0.25, -0.2) is 8.42 Å². The second-order valence-electron chi connectivity index (χ2n) is 7.81. The lowest BCUT2D eigenvalue weighted by atomic mass is 10.1. The summed E-state index contributed by atoms with van der Waals surface area (Å²) in [5, 5.41) is 3.18. The zero-order valence-electron chi connectivity index (χ0n) is 19.5. The normalized spacial score (nSPS) is 12.0. The summed E-state index contributed by atoms with van der Waals surface area (Å²) in [5.41, 5.74) is 0.741. The molecule has 0 aromatic heterocycles. The SMILES string of the molecule is CNC(=O)[C@@H](C)N(Cc1c(Cl)cccc1Cl)C(=O)CN(c1ccc(Br)cc1)S(=O)(=O)c1ccccc1. The van der Waals surface area contributed by atoms with Gasteiger partial charge < -0.3 is 10.2 Å². The summed E-state index contributed by atoms with van der Waals surface area (Å²) in [5.74, 6) is -1.03. The summed E-state index contributed by atoms with van der Waals surface area (Å²) < 4.78 is 29.0. The van der Waals surface area contributed by atoms with Gasteiger partial charge in [0.15, 0.2) is 0 Å². The molecule has 0 heterocycles. The average Bonchev–Trinajstić information content (AvgIpc) is 2.87. The number of nitrogens with one attached hydrogen (secondary N) is 1. The number of benzene rings is 3. The van der Waals surface area contributed by atoms with Crippen molar-refractivity contribution in [1.82, 2.24) is 10.2 Å². The quantitative estimate of drug-likeness (QED) is 0.364. The van der Waals surface area contributed by atoms with Gasteiger partial charge in [0.25, 0.3) is 10.0 Å². The van der Waals surface area contributed by atoms with E-state index in [4.69, 9.17) is 23.2 Å². The number of sulfonamides is 1. The number of amides is 2. The summed E-state index contributed by atoms with van der Waals surface area (Å²) in [6.45, 7) is 0.908. The van der Waals surface area contributed by atoms with Crippen LogP contribution in [0.2, 0.25) is 10.0 Å². The number of hydrogen-bond donors (Lipinski definition) is 1. The average molecular weight is 613 g/mol. The molecule has 0 aliphatic rings. The lowest BCUT2D eigenvalue weighted by molar-refractivity contribution is -0.139. The first-order valence-corrected chi connectivity index (χ1v) is 13.8. The molecule has 2 amide bonds. The summed E-state index contributed by atoms with van der Waals surface area (Å²) in [6.07, 6.45) is 0. The van der Waals surface area contributed by atoms with Crippen molar-refractivity contribution in [2.24, 2.45) is 0 Å². The lowest BCUT2D eigenvalue weighted by Crippen LogP contribution is -2.50. The maximum Gasteiger partial charge on any atom is 0.264 e. The minimum Gasteiger partial charge on any atom is -0.357 e. The third kappa shape index (κ3) is 6.39. The van der Waals surface area contributed by atoms with Crippen LogP contribution in [0.1, 0.15) is 12.5 Å². The molecule has 11 heteroatoms. The van der Waals surface area contributed by atoms with Crippen molar-refractivity contribution >= 4 is 66.7 Å². The van der Waals surface area contributed by atoms with Gasteiger partial charge in [0, 0.05) is 33.7 Å². The van der Waals surface area contributed by atoms with Crippen LogP contribution >= 0.6 is 39.1 Å². The van der Waals surface area contributed by atoms with E-state index in [2.05, 4.69) is 21.2 Å². The highest BCUT2D eigenvalue weighted by molar-refractivity contribution is 9.10. The zero-order valence-corrected chi connectivity index (χ0v) is 23.4. The van der Waals surface area contributed by atoms with E-state index in [-0.39, 0.29) is 11.4 Å². The smallest absolute Gasteiger partial charge is 0.264 e. The largest absolute Gasteiger partial charge is 0.357 e. The molecule has 1 atom stereocenters. The van der Waals surface area contributed by atoms with E-state index < -0.39 is 34.4 Å². The monoisotopic (exact) mass is 611 g/mol. The van der Waals surface area contributed by atoms with Crippen molar-refractivity contribution in [3.63, 3.8) is 0 Å². The van der Waals surface area contributed by atoms with Gasteiger partial charge in [-0.3, -0.25) is 13.9 Å². The van der Waals surface area contributed by atoms with E-state index in [1.165, 1.54) is 24.1 Å². The Balaban J connectivity index is 2.05. The molecule has 0 saturated heterocycles. The molecule has 190 valence electrons. The van der Waals surface area contributed by atoms with Gasteiger partial charge >= 0.3 is 0 Å². The van der Waals surface area contributed by atoms with Gasteiger partial charge in [-0.1, -0.05) is 63.4 Å². The molecule has 0 fully saturated rings. The molecule has 3 aromatic rings. The van der Waals surface area contributed by atoms with Crippen LogP contribution in [0.4, 0.5) is 5.69 Å². The van der Waals surface area contributed by atoms with Crippen molar-refractivity contribution < 1.29 is 18.0 Å². The molecule has 0 spiro atoms. The van der Waals surface area contributed by atoms with E-state index in [0.29, 0.717) is 21.3 Å². The number of hydrogen-bond acceptors (Lipinski definition) is 4. The predicted octanol–water partition coefficient (Wildman–Crippen LogP) is 5.11. The Bertz CT molecular complexity index is 1320. The summed E-state index contributed by atoms with van der Waals surface area (Å²) >= 11 is 16.0. The summed E-state index contributed by atoms with van der Waals surface area (Å²) in [6, 6.07) is 18.4. The molecule has 0 aliphatic carbocycles. The van der Waals surface area contributed by atoms with Gasteiger partial charge in [-0.15, -0.1) is 0 Å². The standard InChI is InChI=1S/C25H24BrCl2N3O4S/c1-17(25(33)29-2)30(15-21-22(27)9-6-10-23(21)28)24(32)16-31(19-13-11-18(26)12-14-19)36(34,35)20-7-4-3-5-8-20/h3-14,17H,15-16H2,1-2H3,(H,29,33)/t17-/m1/s1. The van der Waals surface area contributed by atoms with Crippen molar-refractivity contribution in [3.8, 4) is 0 Å². The number of anilines is 1. The van der Waals surface area contributed by atoms with Crippen LogP contribution in [-0.2, 0) is 26.2 Å². The number of likely N-dealkylation sites (N-methyl/N-ethyl adjacent to an activating group) is 1. The molecule has 0 aliphatic heterocycles. The molecule has 36 heavy (non-hydrogen) atoms. The summed E-state index contributed by atoms with van der Waals surface area (Å²) in [7, 11) is -2.66. The Kier molecular flexibility index (Phi) is 9.41. The topological polar surface area (TPSA) is 86.8 Å². The number of halogens is 3. The van der Waals surface area contributed by atoms with Gasteiger partial charge in [0.1, 0.15) is 12.6 Å². The Morgan fingerprint density at radius 1 is 0.944 bits per heavy atom. The third-order valence-corrected chi connectivity index (χ3v) is 8.55. The van der Waals surface area contributed by atoms with Gasteiger partial charge in [0.05, 0.1) is 10.6 Å². The second kappa shape index (κ2) is 12.1. The van der Waals surface area contributed by atoms with Crippen LogP contribution in [0.5, 0.6) is 0 Å². The molecule has 0 saturated carbocycles. The molecule has 7 nitrogen and oxygen atoms in total. The first-order valence-electron chi connectivity index (χ1n) is 10.8. The van der Waals surface area contributed by atoms with Crippen LogP contribution < -0.4 is 9.62 Å². The molecule has 3 rings (SSSR count). The highest BCUT2D eigenvalue weighted by atomic mass is 79.9. The second-order valence-corrected chi connectivity index (χ2v) is 11.4. The van der Waals surface area contributed by atoms with E-state index >= 15 is 0 Å². The molecule has 1 N–H and O–H groups in total. The van der Waals surface area contributed by atoms with Crippen LogP contribution in [0.15, 0.2) is 82.2 Å². The fourth-order valence-electron chi connectivity index (χ4n) is 3.50. The van der Waals surface area contributed by atoms with Gasteiger partial charge in [-0.05, 0) is 55.5 Å². The molecule has 0 bridgehead atoms. The van der Waals surface area contributed by atoms with Crippen LogP contribution in [0.25, 0.3) is 0 Å². The number of carbonyl (C=O) groups is 2. The predicted molar refractivity (Wildman–Crippen MR) is 146 cm³/mol. The van der Waals surface area contributed by atoms with Crippen molar-refractivity contribution in [2.75, 3.05) is 17.9 Å². The van der Waals surface area contributed by atoms with E-state index in [0.717, 1.165) is 8.78 Å². The Labute approximate surface area is 229 Å². The van der Waals surface area contributed by atoms with Gasteiger partial charge in [0.2, 0.25) is 11.8 Å². The van der Waals surface area contributed by atoms with E-state index in [9.17, 15) is 18.0 Å².